The Kier molecular flexibility index (Phi) is 4.14. The summed E-state index contributed by atoms with van der Waals surface area (Å²) in [6.45, 7) is 4.57. The number of carbonyl (C=O) groups excluding carboxylic acids is 1. The first-order valence-corrected chi connectivity index (χ1v) is 7.79. The first-order chi connectivity index (χ1) is 10.7. The van der Waals surface area contributed by atoms with Crippen LogP contribution in [0.4, 0.5) is 5.69 Å². The zero-order chi connectivity index (χ0) is 15.5. The third kappa shape index (κ3) is 2.84. The fourth-order valence-corrected chi connectivity index (χ4v) is 2.92. The lowest BCUT2D eigenvalue weighted by molar-refractivity contribution is -0.121. The van der Waals surface area contributed by atoms with E-state index < -0.39 is 0 Å². The minimum atomic E-state index is -0.140. The summed E-state index contributed by atoms with van der Waals surface area (Å²) in [5.41, 5.74) is 4.33. The Morgan fingerprint density at radius 1 is 1.23 bits per heavy atom. The summed E-state index contributed by atoms with van der Waals surface area (Å²) >= 11 is 0. The largest absolute Gasteiger partial charge is 0.492 e. The van der Waals surface area contributed by atoms with Crippen LogP contribution in [0.2, 0.25) is 0 Å². The molecule has 1 heterocycles. The lowest BCUT2D eigenvalue weighted by atomic mass is 9.95. The van der Waals surface area contributed by atoms with Crippen molar-refractivity contribution in [1.82, 2.24) is 0 Å². The number of carbonyl (C=O) groups is 1. The normalized spacial score (nSPS) is 16.5. The van der Waals surface area contributed by atoms with Crippen molar-refractivity contribution < 1.29 is 9.53 Å². The minimum Gasteiger partial charge on any atom is -0.492 e. The molecular formula is C19H21NO2. The van der Waals surface area contributed by atoms with Crippen molar-refractivity contribution in [2.45, 2.75) is 26.7 Å². The number of para-hydroxylation sites is 2. The molecule has 1 amide bonds. The SMILES string of the molecule is CCc1cccc(C)c1NC(=O)[C@@H]1COc2ccccc2C1. The minimum absolute atomic E-state index is 0.0403. The van der Waals surface area contributed by atoms with Crippen LogP contribution in [0.3, 0.4) is 0 Å². The highest BCUT2D eigenvalue weighted by atomic mass is 16.5. The molecule has 3 rings (SSSR count). The standard InChI is InChI=1S/C19H21NO2/c1-3-14-9-6-7-13(2)18(14)20-19(21)16-11-15-8-4-5-10-17(15)22-12-16/h4-10,16H,3,11-12H2,1-2H3,(H,20,21)/t16-/m0/s1. The second kappa shape index (κ2) is 6.22. The average Bonchev–Trinajstić information content (AvgIpc) is 2.56. The molecule has 0 saturated carbocycles. The molecule has 22 heavy (non-hydrogen) atoms. The van der Waals surface area contributed by atoms with Gasteiger partial charge in [-0.2, -0.15) is 0 Å². The van der Waals surface area contributed by atoms with Crippen LogP contribution in [0.15, 0.2) is 42.5 Å². The number of hydrogen-bond donors (Lipinski definition) is 1. The van der Waals surface area contributed by atoms with Crippen LogP contribution in [0.5, 0.6) is 5.75 Å². The molecule has 0 radical (unpaired) electrons. The maximum atomic E-state index is 12.6. The summed E-state index contributed by atoms with van der Waals surface area (Å²) in [4.78, 5) is 12.6. The summed E-state index contributed by atoms with van der Waals surface area (Å²) in [5, 5.41) is 3.11. The van der Waals surface area contributed by atoms with Gasteiger partial charge >= 0.3 is 0 Å². The monoisotopic (exact) mass is 295 g/mol. The second-order valence-corrected chi connectivity index (χ2v) is 5.77. The van der Waals surface area contributed by atoms with E-state index in [4.69, 9.17) is 4.74 Å². The molecule has 1 atom stereocenters. The van der Waals surface area contributed by atoms with Gasteiger partial charge in [0.2, 0.25) is 5.91 Å². The Morgan fingerprint density at radius 3 is 2.86 bits per heavy atom. The molecular weight excluding hydrogens is 274 g/mol. The van der Waals surface area contributed by atoms with Gasteiger partial charge in [-0.15, -0.1) is 0 Å². The molecule has 3 nitrogen and oxygen atoms in total. The number of hydrogen-bond acceptors (Lipinski definition) is 2. The summed E-state index contributed by atoms with van der Waals surface area (Å²) in [7, 11) is 0. The van der Waals surface area contributed by atoms with Gasteiger partial charge in [0.1, 0.15) is 12.4 Å². The number of benzene rings is 2. The second-order valence-electron chi connectivity index (χ2n) is 5.77. The van der Waals surface area contributed by atoms with Crippen LogP contribution in [0, 0.1) is 12.8 Å². The molecule has 2 aromatic carbocycles. The maximum Gasteiger partial charge on any atom is 0.231 e. The lowest BCUT2D eigenvalue weighted by Gasteiger charge is -2.25. The van der Waals surface area contributed by atoms with E-state index in [0.29, 0.717) is 6.61 Å². The van der Waals surface area contributed by atoms with Gasteiger partial charge in [-0.25, -0.2) is 0 Å². The summed E-state index contributed by atoms with van der Waals surface area (Å²) in [5.74, 6) is 0.800. The topological polar surface area (TPSA) is 38.3 Å². The third-order valence-corrected chi connectivity index (χ3v) is 4.24. The van der Waals surface area contributed by atoms with Gasteiger partial charge in [-0.1, -0.05) is 43.3 Å². The Hall–Kier alpha value is -2.29. The Balaban J connectivity index is 1.77. The molecule has 0 spiro atoms. The predicted molar refractivity (Wildman–Crippen MR) is 88.3 cm³/mol. The number of rotatable bonds is 3. The van der Waals surface area contributed by atoms with Crippen molar-refractivity contribution in [2.75, 3.05) is 11.9 Å². The molecule has 1 aliphatic rings. The van der Waals surface area contributed by atoms with Gasteiger partial charge in [0.25, 0.3) is 0 Å². The van der Waals surface area contributed by atoms with Gasteiger partial charge in [-0.3, -0.25) is 4.79 Å². The lowest BCUT2D eigenvalue weighted by Crippen LogP contribution is -2.33. The van der Waals surface area contributed by atoms with Crippen molar-refractivity contribution in [3.63, 3.8) is 0 Å². The van der Waals surface area contributed by atoms with E-state index in [0.717, 1.165) is 35.4 Å². The Labute approximate surface area is 131 Å². The smallest absolute Gasteiger partial charge is 0.231 e. The molecule has 3 heteroatoms. The third-order valence-electron chi connectivity index (χ3n) is 4.24. The van der Waals surface area contributed by atoms with Crippen LogP contribution in [0.1, 0.15) is 23.6 Å². The number of amides is 1. The highest BCUT2D eigenvalue weighted by Gasteiger charge is 2.26. The van der Waals surface area contributed by atoms with E-state index in [1.165, 1.54) is 5.56 Å². The van der Waals surface area contributed by atoms with Crippen molar-refractivity contribution in [2.24, 2.45) is 5.92 Å². The quantitative estimate of drug-likeness (QED) is 0.936. The Morgan fingerprint density at radius 2 is 2.05 bits per heavy atom. The van der Waals surface area contributed by atoms with Crippen molar-refractivity contribution in [3.05, 3.63) is 59.2 Å². The molecule has 114 valence electrons. The molecule has 0 fully saturated rings. The van der Waals surface area contributed by atoms with Crippen molar-refractivity contribution in [1.29, 1.82) is 0 Å². The van der Waals surface area contributed by atoms with E-state index in [9.17, 15) is 4.79 Å². The number of aryl methyl sites for hydroxylation is 2. The number of ether oxygens (including phenoxy) is 1. The number of anilines is 1. The van der Waals surface area contributed by atoms with Gasteiger partial charge in [-0.05, 0) is 42.5 Å². The molecule has 0 unspecified atom stereocenters. The van der Waals surface area contributed by atoms with E-state index in [2.05, 4.69) is 18.3 Å². The molecule has 1 N–H and O–H groups in total. The molecule has 2 aromatic rings. The van der Waals surface area contributed by atoms with E-state index in [-0.39, 0.29) is 11.8 Å². The summed E-state index contributed by atoms with van der Waals surface area (Å²) in [6, 6.07) is 14.1. The Bertz CT molecular complexity index is 694. The van der Waals surface area contributed by atoms with Crippen molar-refractivity contribution in [3.8, 4) is 5.75 Å². The molecule has 0 aliphatic carbocycles. The predicted octanol–water partition coefficient (Wildman–Crippen LogP) is 3.75. The van der Waals surface area contributed by atoms with E-state index >= 15 is 0 Å². The van der Waals surface area contributed by atoms with Crippen LogP contribution in [0.25, 0.3) is 0 Å². The van der Waals surface area contributed by atoms with Gasteiger partial charge in [0, 0.05) is 5.69 Å². The van der Waals surface area contributed by atoms with Gasteiger partial charge < -0.3 is 10.1 Å². The molecule has 1 aliphatic heterocycles. The fourth-order valence-electron chi connectivity index (χ4n) is 2.92. The highest BCUT2D eigenvalue weighted by molar-refractivity contribution is 5.94. The zero-order valence-electron chi connectivity index (χ0n) is 13.1. The first-order valence-electron chi connectivity index (χ1n) is 7.79. The number of nitrogens with one attached hydrogen (secondary N) is 1. The average molecular weight is 295 g/mol. The van der Waals surface area contributed by atoms with Gasteiger partial charge in [0.05, 0.1) is 5.92 Å². The molecule has 0 aromatic heterocycles. The molecule has 0 saturated heterocycles. The van der Waals surface area contributed by atoms with Gasteiger partial charge in [0.15, 0.2) is 0 Å². The summed E-state index contributed by atoms with van der Waals surface area (Å²) in [6.07, 6.45) is 1.64. The highest BCUT2D eigenvalue weighted by Crippen LogP contribution is 2.28. The maximum absolute atomic E-state index is 12.6. The van der Waals surface area contributed by atoms with E-state index in [1.807, 2.05) is 43.3 Å². The first kappa shape index (κ1) is 14.6. The van der Waals surface area contributed by atoms with E-state index in [1.54, 1.807) is 0 Å². The van der Waals surface area contributed by atoms with Crippen LogP contribution in [-0.2, 0) is 17.6 Å². The zero-order valence-corrected chi connectivity index (χ0v) is 13.1. The fraction of sp³-hybridized carbons (Fsp3) is 0.316. The number of fused-ring (bicyclic) bond motifs is 1. The van der Waals surface area contributed by atoms with Crippen molar-refractivity contribution >= 4 is 11.6 Å². The van der Waals surface area contributed by atoms with Crippen LogP contribution >= 0.6 is 0 Å². The van der Waals surface area contributed by atoms with Crippen LogP contribution in [-0.4, -0.2) is 12.5 Å². The summed E-state index contributed by atoms with van der Waals surface area (Å²) < 4.78 is 5.72. The molecule has 0 bridgehead atoms. The van der Waals surface area contributed by atoms with Crippen LogP contribution < -0.4 is 10.1 Å².